The molecule has 0 aliphatic heterocycles. The third-order valence-corrected chi connectivity index (χ3v) is 10.3. The Morgan fingerprint density at radius 1 is 0.783 bits per heavy atom. The van der Waals surface area contributed by atoms with Crippen molar-refractivity contribution in [3.05, 3.63) is 113 Å². The molecule has 2 aromatic heterocycles. The highest BCUT2D eigenvalue weighted by Gasteiger charge is 2.17. The number of benzene rings is 4. The lowest BCUT2D eigenvalue weighted by Gasteiger charge is -2.12. The Bertz CT molecular complexity index is 1980. The second-order valence-corrected chi connectivity index (χ2v) is 14.0. The van der Waals surface area contributed by atoms with Crippen molar-refractivity contribution < 1.29 is 9.59 Å². The Morgan fingerprint density at radius 2 is 1.46 bits per heavy atom. The number of carbonyl (C=O) groups is 2. The summed E-state index contributed by atoms with van der Waals surface area (Å²) in [5, 5.41) is 15.6. The summed E-state index contributed by atoms with van der Waals surface area (Å²) in [7, 11) is 0. The second-order valence-electron chi connectivity index (χ2n) is 10.9. The Morgan fingerprint density at radius 3 is 2.20 bits per heavy atom. The van der Waals surface area contributed by atoms with E-state index in [4.69, 9.17) is 0 Å². The molecule has 0 atom stereocenters. The average molecular weight is 665 g/mol. The summed E-state index contributed by atoms with van der Waals surface area (Å²) in [6.07, 6.45) is 0. The molecule has 0 radical (unpaired) electrons. The predicted molar refractivity (Wildman–Crippen MR) is 190 cm³/mol. The van der Waals surface area contributed by atoms with Gasteiger partial charge >= 0.3 is 0 Å². The Hall–Kier alpha value is -4.45. The van der Waals surface area contributed by atoms with Crippen molar-refractivity contribution in [1.29, 1.82) is 0 Å². The molecule has 0 bridgehead atoms. The number of amides is 2. The Balaban J connectivity index is 1.07. The molecular weight excluding hydrogens is 633 g/mol. The first-order valence-corrected chi connectivity index (χ1v) is 17.5. The van der Waals surface area contributed by atoms with E-state index in [1.807, 2.05) is 87.5 Å². The van der Waals surface area contributed by atoms with Gasteiger partial charge in [0.1, 0.15) is 0 Å². The molecule has 2 heterocycles. The third-order valence-electron chi connectivity index (χ3n) is 7.19. The van der Waals surface area contributed by atoms with Gasteiger partial charge in [0, 0.05) is 16.9 Å². The molecule has 8 nitrogen and oxygen atoms in total. The SMILES string of the molecule is Cc1cc(C)c(NC(=O)CSc2nc3ccc(NC(=O)CSc4nnc(-c5ccccc5)n4Cc4ccccc4)cc3s2)c(C)c1. The number of fused-ring (bicyclic) bond motifs is 1. The van der Waals surface area contributed by atoms with Gasteiger partial charge in [0.2, 0.25) is 11.8 Å². The zero-order valence-electron chi connectivity index (χ0n) is 25.6. The van der Waals surface area contributed by atoms with Crippen LogP contribution in [0.2, 0.25) is 0 Å². The largest absolute Gasteiger partial charge is 0.325 e. The third kappa shape index (κ3) is 7.67. The van der Waals surface area contributed by atoms with Crippen molar-refractivity contribution in [3.8, 4) is 11.4 Å². The summed E-state index contributed by atoms with van der Waals surface area (Å²) < 4.78 is 3.79. The standard InChI is InChI=1S/C35H32N6O2S3/c1-22-16-23(2)32(24(3)17-22)38-31(43)21-45-35-37-28-15-14-27(18-29(28)46-35)36-30(42)20-44-34-40-39-33(26-12-8-5-9-13-26)41(34)19-25-10-6-4-7-11-25/h4-18H,19-21H2,1-3H3,(H,36,42)(H,38,43). The first kappa shape index (κ1) is 31.5. The van der Waals surface area contributed by atoms with Gasteiger partial charge in [0.05, 0.1) is 28.3 Å². The van der Waals surface area contributed by atoms with Crippen molar-refractivity contribution in [3.63, 3.8) is 0 Å². The number of aryl methyl sites for hydroxylation is 3. The van der Waals surface area contributed by atoms with Crippen molar-refractivity contribution in [2.45, 2.75) is 36.8 Å². The summed E-state index contributed by atoms with van der Waals surface area (Å²) >= 11 is 4.26. The number of aromatic nitrogens is 4. The van der Waals surface area contributed by atoms with E-state index in [0.717, 1.165) is 48.3 Å². The van der Waals surface area contributed by atoms with Crippen LogP contribution in [0.3, 0.4) is 0 Å². The highest BCUT2D eigenvalue weighted by atomic mass is 32.2. The van der Waals surface area contributed by atoms with E-state index in [0.29, 0.717) is 17.4 Å². The molecule has 6 rings (SSSR count). The predicted octanol–water partition coefficient (Wildman–Crippen LogP) is 7.99. The summed E-state index contributed by atoms with van der Waals surface area (Å²) in [4.78, 5) is 30.4. The van der Waals surface area contributed by atoms with Crippen LogP contribution in [-0.2, 0) is 16.1 Å². The lowest BCUT2D eigenvalue weighted by molar-refractivity contribution is -0.114. The molecule has 46 heavy (non-hydrogen) atoms. The van der Waals surface area contributed by atoms with Crippen molar-refractivity contribution in [1.82, 2.24) is 19.7 Å². The zero-order valence-corrected chi connectivity index (χ0v) is 28.1. The van der Waals surface area contributed by atoms with Crippen LogP contribution in [0.15, 0.2) is 100 Å². The monoisotopic (exact) mass is 664 g/mol. The minimum atomic E-state index is -0.141. The number of anilines is 2. The van der Waals surface area contributed by atoms with Gasteiger partial charge < -0.3 is 10.6 Å². The number of nitrogens with one attached hydrogen (secondary N) is 2. The fourth-order valence-electron chi connectivity index (χ4n) is 5.15. The highest BCUT2D eigenvalue weighted by molar-refractivity contribution is 8.01. The van der Waals surface area contributed by atoms with Crippen LogP contribution in [0.4, 0.5) is 11.4 Å². The van der Waals surface area contributed by atoms with E-state index in [2.05, 4.69) is 54.6 Å². The number of rotatable bonds is 11. The Labute approximate surface area is 280 Å². The van der Waals surface area contributed by atoms with E-state index in [-0.39, 0.29) is 23.3 Å². The van der Waals surface area contributed by atoms with Crippen LogP contribution in [0, 0.1) is 20.8 Å². The summed E-state index contributed by atoms with van der Waals surface area (Å²) in [5.74, 6) is 0.986. The van der Waals surface area contributed by atoms with Crippen LogP contribution in [0.1, 0.15) is 22.3 Å². The summed E-state index contributed by atoms with van der Waals surface area (Å²) in [6.45, 7) is 6.65. The highest BCUT2D eigenvalue weighted by Crippen LogP contribution is 2.32. The minimum absolute atomic E-state index is 0.0692. The molecule has 4 aromatic carbocycles. The number of hydrogen-bond donors (Lipinski definition) is 2. The van der Waals surface area contributed by atoms with Crippen LogP contribution in [0.5, 0.6) is 0 Å². The lowest BCUT2D eigenvalue weighted by Crippen LogP contribution is -2.15. The van der Waals surface area contributed by atoms with Gasteiger partial charge in [-0.1, -0.05) is 102 Å². The molecule has 11 heteroatoms. The molecule has 0 unspecified atom stereocenters. The number of thioether (sulfide) groups is 2. The fourth-order valence-corrected chi connectivity index (χ4v) is 7.80. The first-order chi connectivity index (χ1) is 22.3. The van der Waals surface area contributed by atoms with Gasteiger partial charge in [0.15, 0.2) is 15.3 Å². The van der Waals surface area contributed by atoms with Gasteiger partial charge in [-0.15, -0.1) is 21.5 Å². The maximum Gasteiger partial charge on any atom is 0.234 e. The maximum atomic E-state index is 13.0. The number of nitrogens with zero attached hydrogens (tertiary/aromatic N) is 4. The zero-order chi connectivity index (χ0) is 32.0. The number of hydrogen-bond acceptors (Lipinski definition) is 8. The average Bonchev–Trinajstić information content (AvgIpc) is 3.65. The van der Waals surface area contributed by atoms with E-state index >= 15 is 0 Å². The molecule has 232 valence electrons. The fraction of sp³-hybridized carbons (Fsp3) is 0.171. The number of thiazole rings is 1. The molecule has 2 N–H and O–H groups in total. The van der Waals surface area contributed by atoms with E-state index < -0.39 is 0 Å². The molecular formula is C35H32N6O2S3. The van der Waals surface area contributed by atoms with Crippen molar-refractivity contribution in [2.75, 3.05) is 22.1 Å². The molecule has 0 aliphatic rings. The molecule has 0 aliphatic carbocycles. The van der Waals surface area contributed by atoms with E-state index in [1.165, 1.54) is 40.4 Å². The van der Waals surface area contributed by atoms with E-state index in [1.54, 1.807) is 0 Å². The molecule has 0 spiro atoms. The van der Waals surface area contributed by atoms with Crippen LogP contribution < -0.4 is 10.6 Å². The van der Waals surface area contributed by atoms with Gasteiger partial charge in [0.25, 0.3) is 0 Å². The van der Waals surface area contributed by atoms with Crippen LogP contribution in [0.25, 0.3) is 21.6 Å². The first-order valence-electron chi connectivity index (χ1n) is 14.7. The second kappa shape index (κ2) is 14.3. The molecule has 0 saturated heterocycles. The normalized spacial score (nSPS) is 11.1. The van der Waals surface area contributed by atoms with Gasteiger partial charge in [-0.3, -0.25) is 14.2 Å². The van der Waals surface area contributed by atoms with Gasteiger partial charge in [-0.05, 0) is 55.7 Å². The minimum Gasteiger partial charge on any atom is -0.325 e. The summed E-state index contributed by atoms with van der Waals surface area (Å²) in [6, 6.07) is 29.9. The molecule has 0 saturated carbocycles. The van der Waals surface area contributed by atoms with E-state index in [9.17, 15) is 9.59 Å². The quantitative estimate of drug-likeness (QED) is 0.135. The molecule has 0 fully saturated rings. The van der Waals surface area contributed by atoms with Gasteiger partial charge in [-0.25, -0.2) is 4.98 Å². The van der Waals surface area contributed by atoms with Crippen molar-refractivity contribution >= 4 is 68.3 Å². The molecule has 2 amide bonds. The topological polar surface area (TPSA) is 102 Å². The van der Waals surface area contributed by atoms with Crippen molar-refractivity contribution in [2.24, 2.45) is 0 Å². The number of carbonyl (C=O) groups excluding carboxylic acids is 2. The van der Waals surface area contributed by atoms with Crippen LogP contribution in [-0.4, -0.2) is 43.1 Å². The maximum absolute atomic E-state index is 13.0. The summed E-state index contributed by atoms with van der Waals surface area (Å²) in [5.41, 5.74) is 7.75. The lowest BCUT2D eigenvalue weighted by atomic mass is 10.1. The van der Waals surface area contributed by atoms with Gasteiger partial charge in [-0.2, -0.15) is 0 Å². The Kier molecular flexibility index (Phi) is 9.82. The van der Waals surface area contributed by atoms with Crippen LogP contribution >= 0.6 is 34.9 Å². The molecule has 6 aromatic rings. The smallest absolute Gasteiger partial charge is 0.234 e.